The first-order valence-electron chi connectivity index (χ1n) is 10.8. The van der Waals surface area contributed by atoms with E-state index in [9.17, 15) is 4.39 Å². The molecule has 1 N–H and O–H groups in total. The topological polar surface area (TPSA) is 39.7 Å². The lowest BCUT2D eigenvalue weighted by molar-refractivity contribution is -0.0731. The minimum absolute atomic E-state index is 0.0570. The molecule has 1 heterocycles. The molecule has 2 saturated carbocycles. The lowest BCUT2D eigenvalue weighted by atomic mass is 9.83. The van der Waals surface area contributed by atoms with E-state index >= 15 is 0 Å². The van der Waals surface area contributed by atoms with Gasteiger partial charge in [0.2, 0.25) is 0 Å². The van der Waals surface area contributed by atoms with Crippen LogP contribution in [0.3, 0.4) is 0 Å². The molecule has 1 aliphatic heterocycles. The number of hydrogen-bond donors (Lipinski definition) is 1. The molecule has 2 unspecified atom stereocenters. The Kier molecular flexibility index (Phi) is 8.16. The van der Waals surface area contributed by atoms with E-state index < -0.39 is 6.17 Å². The fraction of sp³-hybridized carbons (Fsp3) is 1.00. The molecule has 0 aromatic carbocycles. The Labute approximate surface area is 158 Å². The molecule has 152 valence electrons. The third-order valence-electron chi connectivity index (χ3n) is 6.62. The second-order valence-electron chi connectivity index (χ2n) is 8.89. The van der Waals surface area contributed by atoms with Gasteiger partial charge in [-0.25, -0.2) is 4.39 Å². The summed E-state index contributed by atoms with van der Waals surface area (Å²) in [5.41, 5.74) is 0. The van der Waals surface area contributed by atoms with Crippen LogP contribution in [0.1, 0.15) is 65.2 Å². The maximum atomic E-state index is 13.3. The molecular weight excluding hydrogens is 333 g/mol. The van der Waals surface area contributed by atoms with Gasteiger partial charge in [0.05, 0.1) is 13.2 Å². The normalized spacial score (nSPS) is 39.8. The van der Waals surface area contributed by atoms with E-state index in [0.29, 0.717) is 44.6 Å². The van der Waals surface area contributed by atoms with E-state index in [2.05, 4.69) is 19.2 Å². The van der Waals surface area contributed by atoms with E-state index in [0.717, 1.165) is 31.3 Å². The van der Waals surface area contributed by atoms with Gasteiger partial charge in [0, 0.05) is 19.2 Å². The summed E-state index contributed by atoms with van der Waals surface area (Å²) in [6.45, 7) is 7.37. The molecule has 0 aromatic rings. The van der Waals surface area contributed by atoms with E-state index in [1.165, 1.54) is 25.7 Å². The van der Waals surface area contributed by atoms with Crippen molar-refractivity contribution >= 4 is 0 Å². The van der Waals surface area contributed by atoms with Crippen molar-refractivity contribution in [1.29, 1.82) is 0 Å². The van der Waals surface area contributed by atoms with Crippen molar-refractivity contribution in [2.24, 2.45) is 17.8 Å². The van der Waals surface area contributed by atoms with Crippen LogP contribution < -0.4 is 5.32 Å². The van der Waals surface area contributed by atoms with Gasteiger partial charge in [-0.2, -0.15) is 0 Å². The Morgan fingerprint density at radius 2 is 1.77 bits per heavy atom. The van der Waals surface area contributed by atoms with Gasteiger partial charge in [-0.15, -0.1) is 0 Å². The quantitative estimate of drug-likeness (QED) is 0.698. The highest BCUT2D eigenvalue weighted by molar-refractivity contribution is 4.80. The molecule has 1 saturated heterocycles. The first-order valence-corrected chi connectivity index (χ1v) is 10.8. The highest BCUT2D eigenvalue weighted by atomic mass is 19.1. The van der Waals surface area contributed by atoms with Gasteiger partial charge in [-0.3, -0.25) is 0 Å². The molecule has 0 bridgehead atoms. The molecule has 0 amide bonds. The Morgan fingerprint density at radius 3 is 2.50 bits per heavy atom. The molecule has 0 radical (unpaired) electrons. The standard InChI is InChI=1S/C21H38FNO3/c1-15-3-5-17(6-4-15)12-24-13-20-14-25-21(26-20)11-23-16(2)18-7-9-19(22)10-8-18/h15-21,23H,3-14H2,1-2H3/t15?,16-,17?,18?,19?,20?,21?/m0/s1. The fourth-order valence-electron chi connectivity index (χ4n) is 4.59. The molecule has 0 spiro atoms. The Balaban J connectivity index is 1.24. The first kappa shape index (κ1) is 20.5. The molecule has 2 aliphatic carbocycles. The number of halogens is 1. The third kappa shape index (κ3) is 6.43. The van der Waals surface area contributed by atoms with Gasteiger partial charge in [0.1, 0.15) is 12.3 Å². The zero-order chi connectivity index (χ0) is 18.4. The molecule has 0 aromatic heterocycles. The first-order chi connectivity index (χ1) is 12.6. The smallest absolute Gasteiger partial charge is 0.170 e. The van der Waals surface area contributed by atoms with Gasteiger partial charge < -0.3 is 19.5 Å². The van der Waals surface area contributed by atoms with Gasteiger partial charge in [0.25, 0.3) is 0 Å². The van der Waals surface area contributed by atoms with Crippen LogP contribution in [0.25, 0.3) is 0 Å². The largest absolute Gasteiger partial charge is 0.378 e. The predicted octanol–water partition coefficient (Wildman–Crippen LogP) is 4.08. The molecule has 3 rings (SSSR count). The molecular formula is C21H38FNO3. The van der Waals surface area contributed by atoms with E-state index in [1.807, 2.05) is 0 Å². The summed E-state index contributed by atoms with van der Waals surface area (Å²) in [4.78, 5) is 0. The average Bonchev–Trinajstić information content (AvgIpc) is 3.10. The van der Waals surface area contributed by atoms with Crippen LogP contribution in [-0.4, -0.2) is 51.0 Å². The zero-order valence-electron chi connectivity index (χ0n) is 16.6. The summed E-state index contributed by atoms with van der Waals surface area (Å²) in [6, 6.07) is 0.388. The number of nitrogens with one attached hydrogen (secondary N) is 1. The van der Waals surface area contributed by atoms with Crippen LogP contribution in [0.15, 0.2) is 0 Å². The summed E-state index contributed by atoms with van der Waals surface area (Å²) in [5, 5.41) is 3.53. The number of rotatable bonds is 8. The summed E-state index contributed by atoms with van der Waals surface area (Å²) >= 11 is 0. The van der Waals surface area contributed by atoms with Crippen LogP contribution in [-0.2, 0) is 14.2 Å². The Morgan fingerprint density at radius 1 is 1.04 bits per heavy atom. The van der Waals surface area contributed by atoms with Gasteiger partial charge in [0.15, 0.2) is 6.29 Å². The number of alkyl halides is 1. The molecule has 4 nitrogen and oxygen atoms in total. The van der Waals surface area contributed by atoms with Crippen molar-refractivity contribution in [3.63, 3.8) is 0 Å². The van der Waals surface area contributed by atoms with E-state index in [4.69, 9.17) is 14.2 Å². The summed E-state index contributed by atoms with van der Waals surface area (Å²) in [6.07, 6.45) is 7.98. The average molecular weight is 372 g/mol. The SMILES string of the molecule is CC1CCC(COCC2COC(CN[C@@H](C)C3CCC(F)CC3)O2)CC1. The molecule has 3 atom stereocenters. The van der Waals surface area contributed by atoms with Gasteiger partial charge in [-0.05, 0) is 63.2 Å². The fourth-order valence-corrected chi connectivity index (χ4v) is 4.59. The summed E-state index contributed by atoms with van der Waals surface area (Å²) in [7, 11) is 0. The van der Waals surface area contributed by atoms with Crippen LogP contribution in [0.2, 0.25) is 0 Å². The molecule has 26 heavy (non-hydrogen) atoms. The predicted molar refractivity (Wildman–Crippen MR) is 101 cm³/mol. The van der Waals surface area contributed by atoms with Crippen molar-refractivity contribution in [2.75, 3.05) is 26.4 Å². The maximum absolute atomic E-state index is 13.3. The zero-order valence-corrected chi connectivity index (χ0v) is 16.6. The molecule has 3 aliphatic rings. The van der Waals surface area contributed by atoms with E-state index in [-0.39, 0.29) is 12.4 Å². The lowest BCUT2D eigenvalue weighted by Gasteiger charge is -2.30. The number of hydrogen-bond acceptors (Lipinski definition) is 4. The van der Waals surface area contributed by atoms with Crippen molar-refractivity contribution < 1.29 is 18.6 Å². The highest BCUT2D eigenvalue weighted by Gasteiger charge is 2.29. The third-order valence-corrected chi connectivity index (χ3v) is 6.62. The van der Waals surface area contributed by atoms with Gasteiger partial charge in [-0.1, -0.05) is 19.8 Å². The van der Waals surface area contributed by atoms with Crippen LogP contribution in [0.5, 0.6) is 0 Å². The van der Waals surface area contributed by atoms with E-state index in [1.54, 1.807) is 0 Å². The molecule has 5 heteroatoms. The van der Waals surface area contributed by atoms with Crippen LogP contribution >= 0.6 is 0 Å². The summed E-state index contributed by atoms with van der Waals surface area (Å²) in [5.74, 6) is 2.19. The summed E-state index contributed by atoms with van der Waals surface area (Å²) < 4.78 is 30.9. The maximum Gasteiger partial charge on any atom is 0.170 e. The Bertz CT molecular complexity index is 395. The second kappa shape index (κ2) is 10.4. The minimum atomic E-state index is -0.585. The van der Waals surface area contributed by atoms with Crippen LogP contribution in [0.4, 0.5) is 4.39 Å². The molecule has 3 fully saturated rings. The monoisotopic (exact) mass is 371 g/mol. The van der Waals surface area contributed by atoms with Crippen molar-refractivity contribution in [3.05, 3.63) is 0 Å². The lowest BCUT2D eigenvalue weighted by Crippen LogP contribution is -2.40. The minimum Gasteiger partial charge on any atom is -0.378 e. The number of ether oxygens (including phenoxy) is 3. The van der Waals surface area contributed by atoms with Crippen molar-refractivity contribution in [3.8, 4) is 0 Å². The van der Waals surface area contributed by atoms with Crippen LogP contribution in [0, 0.1) is 17.8 Å². The highest BCUT2D eigenvalue weighted by Crippen LogP contribution is 2.29. The second-order valence-corrected chi connectivity index (χ2v) is 8.89. The van der Waals surface area contributed by atoms with Gasteiger partial charge >= 0.3 is 0 Å². The Hall–Kier alpha value is -0.230. The van der Waals surface area contributed by atoms with Crippen molar-refractivity contribution in [1.82, 2.24) is 5.32 Å². The van der Waals surface area contributed by atoms with Crippen molar-refractivity contribution in [2.45, 2.75) is 89.8 Å².